The maximum absolute atomic E-state index is 12.2. The van der Waals surface area contributed by atoms with E-state index >= 15 is 0 Å². The molecule has 0 atom stereocenters. The Balaban J connectivity index is 2.11. The van der Waals surface area contributed by atoms with Crippen LogP contribution in [0.15, 0.2) is 57.8 Å². The summed E-state index contributed by atoms with van der Waals surface area (Å²) in [5.74, 6) is -0.116. The maximum atomic E-state index is 12.2. The Morgan fingerprint density at radius 2 is 1.71 bits per heavy atom. The van der Waals surface area contributed by atoms with Crippen molar-refractivity contribution in [2.24, 2.45) is 8.94 Å². The molecule has 2 aromatic rings. The Hall–Kier alpha value is -1.89. The highest BCUT2D eigenvalue weighted by Crippen LogP contribution is 2.12. The van der Waals surface area contributed by atoms with Gasteiger partial charge in [0.15, 0.2) is 0 Å². The second kappa shape index (κ2) is 7.78. The molecule has 0 aliphatic rings. The van der Waals surface area contributed by atoms with E-state index in [1.807, 2.05) is 36.4 Å². The van der Waals surface area contributed by atoms with Crippen LogP contribution in [0.4, 0.5) is 0 Å². The normalized spacial score (nSPS) is 11.2. The summed E-state index contributed by atoms with van der Waals surface area (Å²) in [6, 6.07) is 17.8. The molecule has 0 saturated heterocycles. The largest absolute Gasteiger partial charge is 0.369 e. The van der Waals surface area contributed by atoms with Crippen LogP contribution in [0.25, 0.3) is 0 Å². The number of guanidine groups is 1. The molecule has 0 aromatic heterocycles. The van der Waals surface area contributed by atoms with Gasteiger partial charge in [-0.15, -0.1) is 0 Å². The number of carbonyl (C=O) groups is 1. The van der Waals surface area contributed by atoms with Crippen molar-refractivity contribution in [1.82, 2.24) is 5.32 Å². The maximum Gasteiger partial charge on any atom is 0.258 e. The summed E-state index contributed by atoms with van der Waals surface area (Å²) in [4.78, 5) is 12.2. The Morgan fingerprint density at radius 1 is 1.05 bits per heavy atom. The first kappa shape index (κ1) is 15.5. The summed E-state index contributed by atoms with van der Waals surface area (Å²) >= 11 is 1.75. The highest BCUT2D eigenvalue weighted by atomic mass is 127. The number of carbonyl (C=O) groups excluding carboxylic acids is 1. The topological polar surface area (TPSA) is 67.5 Å². The molecular formula is C16H16IN3O. The van der Waals surface area contributed by atoms with Crippen molar-refractivity contribution in [3.8, 4) is 0 Å². The Labute approximate surface area is 138 Å². The number of nitrogens with two attached hydrogens (primary N) is 1. The molecule has 0 unspecified atom stereocenters. The fourth-order valence-corrected chi connectivity index (χ4v) is 2.21. The van der Waals surface area contributed by atoms with Crippen LogP contribution >= 0.6 is 22.9 Å². The van der Waals surface area contributed by atoms with Gasteiger partial charge >= 0.3 is 0 Å². The van der Waals surface area contributed by atoms with Gasteiger partial charge < -0.3 is 5.73 Å². The minimum atomic E-state index is -0.225. The molecule has 3 N–H and O–H groups in total. The van der Waals surface area contributed by atoms with Crippen LogP contribution in [0.1, 0.15) is 21.5 Å². The van der Waals surface area contributed by atoms with Gasteiger partial charge in [0.1, 0.15) is 0 Å². The average molecular weight is 393 g/mol. The zero-order valence-electron chi connectivity index (χ0n) is 11.4. The number of rotatable bonds is 4. The van der Waals surface area contributed by atoms with Gasteiger partial charge in [0, 0.05) is 5.56 Å². The molecule has 1 amide bonds. The van der Waals surface area contributed by atoms with E-state index in [1.54, 1.807) is 28.9 Å². The van der Waals surface area contributed by atoms with Gasteiger partial charge in [-0.1, -0.05) is 48.5 Å². The van der Waals surface area contributed by atoms with Crippen molar-refractivity contribution in [2.75, 3.05) is 0 Å². The monoisotopic (exact) mass is 393 g/mol. The average Bonchev–Trinajstić information content (AvgIpc) is 2.54. The second-order valence-corrected chi connectivity index (χ2v) is 5.05. The SMILES string of the molecule is N/C(=N\I)NC(=O)c1ccccc1CCc1ccccc1. The van der Waals surface area contributed by atoms with E-state index in [9.17, 15) is 4.79 Å². The summed E-state index contributed by atoms with van der Waals surface area (Å²) in [7, 11) is 0. The van der Waals surface area contributed by atoms with Crippen molar-refractivity contribution in [3.05, 3.63) is 71.3 Å². The van der Waals surface area contributed by atoms with Gasteiger partial charge in [0.25, 0.3) is 5.91 Å². The van der Waals surface area contributed by atoms with E-state index in [0.717, 1.165) is 18.4 Å². The van der Waals surface area contributed by atoms with Crippen molar-refractivity contribution >= 4 is 34.7 Å². The number of aryl methyl sites for hydroxylation is 2. The Kier molecular flexibility index (Phi) is 5.74. The molecular weight excluding hydrogens is 377 g/mol. The van der Waals surface area contributed by atoms with Crippen LogP contribution in [0.3, 0.4) is 0 Å². The molecule has 0 aliphatic carbocycles. The number of halogens is 1. The summed E-state index contributed by atoms with van der Waals surface area (Å²) in [5, 5.41) is 2.57. The van der Waals surface area contributed by atoms with Gasteiger partial charge in [-0.2, -0.15) is 3.21 Å². The van der Waals surface area contributed by atoms with E-state index in [2.05, 4.69) is 20.7 Å². The third-order valence-corrected chi connectivity index (χ3v) is 3.64. The van der Waals surface area contributed by atoms with Crippen molar-refractivity contribution < 1.29 is 4.79 Å². The third kappa shape index (κ3) is 4.56. The standard InChI is InChI=1S/C16H16IN3O/c17-20-16(18)19-15(21)14-9-5-4-8-13(14)11-10-12-6-2-1-3-7-12/h1-9H,10-11H2,(H3,18,19,20,21). The Bertz CT molecular complexity index is 641. The van der Waals surface area contributed by atoms with Gasteiger partial charge in [0.2, 0.25) is 5.96 Å². The highest BCUT2D eigenvalue weighted by Gasteiger charge is 2.11. The Morgan fingerprint density at radius 3 is 2.43 bits per heavy atom. The van der Waals surface area contributed by atoms with Crippen LogP contribution in [0, 0.1) is 0 Å². The first-order chi connectivity index (χ1) is 10.2. The van der Waals surface area contributed by atoms with E-state index in [4.69, 9.17) is 5.73 Å². The smallest absolute Gasteiger partial charge is 0.258 e. The molecule has 2 rings (SSSR count). The van der Waals surface area contributed by atoms with Crippen molar-refractivity contribution in [2.45, 2.75) is 12.8 Å². The number of nitrogens with zero attached hydrogens (tertiary/aromatic N) is 1. The number of hydrogen-bond donors (Lipinski definition) is 2. The molecule has 0 bridgehead atoms. The van der Waals surface area contributed by atoms with Crippen LogP contribution in [0.2, 0.25) is 0 Å². The molecule has 2 aromatic carbocycles. The van der Waals surface area contributed by atoms with Crippen LogP contribution in [0.5, 0.6) is 0 Å². The zero-order valence-corrected chi connectivity index (χ0v) is 13.6. The molecule has 4 nitrogen and oxygen atoms in total. The molecule has 0 saturated carbocycles. The predicted molar refractivity (Wildman–Crippen MR) is 93.4 cm³/mol. The van der Waals surface area contributed by atoms with Gasteiger partial charge in [-0.05, 0) is 30.0 Å². The lowest BCUT2D eigenvalue weighted by molar-refractivity contribution is 0.0976. The molecule has 0 fully saturated rings. The van der Waals surface area contributed by atoms with E-state index in [-0.39, 0.29) is 11.9 Å². The molecule has 21 heavy (non-hydrogen) atoms. The quantitative estimate of drug-likeness (QED) is 0.477. The zero-order chi connectivity index (χ0) is 15.1. The van der Waals surface area contributed by atoms with Gasteiger partial charge in [0.05, 0.1) is 22.9 Å². The molecule has 0 radical (unpaired) electrons. The summed E-state index contributed by atoms with van der Waals surface area (Å²) in [6.07, 6.45) is 1.69. The van der Waals surface area contributed by atoms with Crippen LogP contribution < -0.4 is 11.1 Å². The molecule has 108 valence electrons. The lowest BCUT2D eigenvalue weighted by Gasteiger charge is -2.09. The lowest BCUT2D eigenvalue weighted by atomic mass is 9.99. The summed E-state index contributed by atoms with van der Waals surface area (Å²) in [5.41, 5.74) is 8.42. The third-order valence-electron chi connectivity index (χ3n) is 3.12. The summed E-state index contributed by atoms with van der Waals surface area (Å²) < 4.78 is 3.71. The van der Waals surface area contributed by atoms with Gasteiger partial charge in [-0.25, -0.2) is 0 Å². The van der Waals surface area contributed by atoms with Crippen LogP contribution in [-0.4, -0.2) is 11.9 Å². The molecule has 0 aliphatic heterocycles. The van der Waals surface area contributed by atoms with E-state index in [0.29, 0.717) is 5.56 Å². The molecule has 0 spiro atoms. The fourth-order valence-electron chi connectivity index (χ4n) is 2.09. The second-order valence-electron chi connectivity index (χ2n) is 4.57. The first-order valence-electron chi connectivity index (χ1n) is 6.58. The molecule has 5 heteroatoms. The van der Waals surface area contributed by atoms with E-state index < -0.39 is 0 Å². The van der Waals surface area contributed by atoms with Gasteiger partial charge in [-0.3, -0.25) is 10.1 Å². The number of nitrogens with one attached hydrogen (secondary N) is 1. The predicted octanol–water partition coefficient (Wildman–Crippen LogP) is 2.87. The lowest BCUT2D eigenvalue weighted by Crippen LogP contribution is -2.36. The van der Waals surface area contributed by atoms with Crippen molar-refractivity contribution in [3.63, 3.8) is 0 Å². The molecule has 0 heterocycles. The number of hydrogen-bond acceptors (Lipinski definition) is 2. The minimum Gasteiger partial charge on any atom is -0.369 e. The first-order valence-corrected chi connectivity index (χ1v) is 7.55. The highest BCUT2D eigenvalue weighted by molar-refractivity contribution is 14.1. The van der Waals surface area contributed by atoms with Crippen molar-refractivity contribution in [1.29, 1.82) is 0 Å². The van der Waals surface area contributed by atoms with E-state index in [1.165, 1.54) is 5.56 Å². The fraction of sp³-hybridized carbons (Fsp3) is 0.125. The number of amides is 1. The van der Waals surface area contributed by atoms with Crippen LogP contribution in [-0.2, 0) is 12.8 Å². The minimum absolute atomic E-state index is 0.110. The number of benzene rings is 2. The summed E-state index contributed by atoms with van der Waals surface area (Å²) in [6.45, 7) is 0.